The predicted molar refractivity (Wildman–Crippen MR) is 55.1 cm³/mol. The summed E-state index contributed by atoms with van der Waals surface area (Å²) in [6, 6.07) is 10.2. The Balaban J connectivity index is 0.000000845. The van der Waals surface area contributed by atoms with Crippen molar-refractivity contribution in [1.29, 1.82) is 0 Å². The summed E-state index contributed by atoms with van der Waals surface area (Å²) < 4.78 is 0. The Hall–Kier alpha value is -0.570. The van der Waals surface area contributed by atoms with E-state index in [0.29, 0.717) is 0 Å². The van der Waals surface area contributed by atoms with E-state index < -0.39 is 0 Å². The SMILES string of the molecule is Cl.O[C@@H]1CCN[C@@H]1c1ccccc1. The molecule has 0 amide bonds. The zero-order chi connectivity index (χ0) is 8.39. The largest absolute Gasteiger partial charge is 0.391 e. The van der Waals surface area contributed by atoms with Crippen molar-refractivity contribution in [3.05, 3.63) is 35.9 Å². The van der Waals surface area contributed by atoms with Gasteiger partial charge in [0.05, 0.1) is 12.1 Å². The topological polar surface area (TPSA) is 32.3 Å². The molecule has 72 valence electrons. The van der Waals surface area contributed by atoms with Crippen LogP contribution in [0.15, 0.2) is 30.3 Å². The van der Waals surface area contributed by atoms with Gasteiger partial charge in [-0.3, -0.25) is 0 Å². The van der Waals surface area contributed by atoms with Crippen LogP contribution in [0.25, 0.3) is 0 Å². The normalized spacial score (nSPS) is 26.8. The second-order valence-electron chi connectivity index (χ2n) is 3.20. The molecule has 1 aromatic carbocycles. The van der Waals surface area contributed by atoms with Gasteiger partial charge in [0.2, 0.25) is 0 Å². The molecule has 0 unspecified atom stereocenters. The molecule has 1 fully saturated rings. The number of benzene rings is 1. The van der Waals surface area contributed by atoms with E-state index in [0.717, 1.165) is 13.0 Å². The van der Waals surface area contributed by atoms with Gasteiger partial charge in [-0.25, -0.2) is 0 Å². The molecule has 1 aromatic rings. The van der Waals surface area contributed by atoms with Crippen LogP contribution in [0.1, 0.15) is 18.0 Å². The van der Waals surface area contributed by atoms with Gasteiger partial charge in [0.15, 0.2) is 0 Å². The molecule has 0 aliphatic carbocycles. The maximum absolute atomic E-state index is 9.58. The van der Waals surface area contributed by atoms with Crippen LogP contribution < -0.4 is 5.32 Å². The summed E-state index contributed by atoms with van der Waals surface area (Å²) in [5.74, 6) is 0. The molecule has 2 N–H and O–H groups in total. The Kier molecular flexibility index (Phi) is 3.72. The molecule has 0 saturated carbocycles. The highest BCUT2D eigenvalue weighted by atomic mass is 35.5. The molecule has 0 aromatic heterocycles. The van der Waals surface area contributed by atoms with E-state index in [4.69, 9.17) is 0 Å². The van der Waals surface area contributed by atoms with Crippen molar-refractivity contribution in [2.45, 2.75) is 18.6 Å². The van der Waals surface area contributed by atoms with Gasteiger partial charge in [-0.1, -0.05) is 30.3 Å². The summed E-state index contributed by atoms with van der Waals surface area (Å²) in [5.41, 5.74) is 1.18. The van der Waals surface area contributed by atoms with Crippen LogP contribution in [0.4, 0.5) is 0 Å². The number of nitrogens with one attached hydrogen (secondary N) is 1. The molecule has 3 heteroatoms. The second kappa shape index (κ2) is 4.61. The average Bonchev–Trinajstić information content (AvgIpc) is 2.53. The lowest BCUT2D eigenvalue weighted by Gasteiger charge is -2.14. The molecule has 13 heavy (non-hydrogen) atoms. The number of hydrogen-bond acceptors (Lipinski definition) is 2. The van der Waals surface area contributed by atoms with E-state index in [1.807, 2.05) is 30.3 Å². The minimum Gasteiger partial charge on any atom is -0.391 e. The third-order valence-electron chi connectivity index (χ3n) is 2.35. The summed E-state index contributed by atoms with van der Waals surface area (Å²) in [4.78, 5) is 0. The molecule has 1 aliphatic rings. The molecule has 0 spiro atoms. The second-order valence-corrected chi connectivity index (χ2v) is 3.20. The molecule has 2 nitrogen and oxygen atoms in total. The molecule has 0 bridgehead atoms. The molecule has 2 atom stereocenters. The Labute approximate surface area is 84.4 Å². The van der Waals surface area contributed by atoms with Gasteiger partial charge in [0, 0.05) is 0 Å². The first-order valence-electron chi connectivity index (χ1n) is 4.34. The van der Waals surface area contributed by atoms with E-state index in [1.165, 1.54) is 5.56 Å². The summed E-state index contributed by atoms with van der Waals surface area (Å²) in [6.07, 6.45) is 0.645. The minimum atomic E-state index is -0.215. The standard InChI is InChI=1S/C10H13NO.ClH/c12-9-6-7-11-10(9)8-4-2-1-3-5-8;/h1-5,9-12H,6-7H2;1H/t9-,10-;/m1./s1. The van der Waals surface area contributed by atoms with Gasteiger partial charge in [0.1, 0.15) is 0 Å². The molecule has 1 heterocycles. The Morgan fingerprint density at radius 2 is 1.92 bits per heavy atom. The third-order valence-corrected chi connectivity index (χ3v) is 2.35. The number of rotatable bonds is 1. The fourth-order valence-electron chi connectivity index (χ4n) is 1.69. The number of aliphatic hydroxyl groups excluding tert-OH is 1. The zero-order valence-electron chi connectivity index (χ0n) is 7.31. The average molecular weight is 200 g/mol. The van der Waals surface area contributed by atoms with Crippen molar-refractivity contribution >= 4 is 12.4 Å². The number of halogens is 1. The molecular formula is C10H14ClNO. The van der Waals surface area contributed by atoms with Crippen LogP contribution in [0.2, 0.25) is 0 Å². The monoisotopic (exact) mass is 199 g/mol. The van der Waals surface area contributed by atoms with E-state index >= 15 is 0 Å². The number of hydrogen-bond donors (Lipinski definition) is 2. The predicted octanol–water partition coefficient (Wildman–Crippen LogP) is 1.50. The van der Waals surface area contributed by atoms with E-state index in [1.54, 1.807) is 0 Å². The van der Waals surface area contributed by atoms with E-state index in [-0.39, 0.29) is 24.6 Å². The maximum Gasteiger partial charge on any atom is 0.0747 e. The molecule has 0 radical (unpaired) electrons. The quantitative estimate of drug-likeness (QED) is 0.719. The molecule has 1 aliphatic heterocycles. The highest BCUT2D eigenvalue weighted by Crippen LogP contribution is 2.22. The van der Waals surface area contributed by atoms with Crippen molar-refractivity contribution < 1.29 is 5.11 Å². The highest BCUT2D eigenvalue weighted by molar-refractivity contribution is 5.85. The lowest BCUT2D eigenvalue weighted by molar-refractivity contribution is 0.160. The summed E-state index contributed by atoms with van der Waals surface area (Å²) >= 11 is 0. The lowest BCUT2D eigenvalue weighted by Crippen LogP contribution is -2.20. The fourth-order valence-corrected chi connectivity index (χ4v) is 1.69. The van der Waals surface area contributed by atoms with Crippen LogP contribution in [-0.2, 0) is 0 Å². The third kappa shape index (κ3) is 2.21. The van der Waals surface area contributed by atoms with Crippen molar-refractivity contribution in [2.75, 3.05) is 6.54 Å². The maximum atomic E-state index is 9.58. The zero-order valence-corrected chi connectivity index (χ0v) is 8.13. The van der Waals surface area contributed by atoms with Crippen LogP contribution in [0.3, 0.4) is 0 Å². The first-order valence-corrected chi connectivity index (χ1v) is 4.34. The smallest absolute Gasteiger partial charge is 0.0747 e. The van der Waals surface area contributed by atoms with Gasteiger partial charge in [-0.2, -0.15) is 0 Å². The number of aliphatic hydroxyl groups is 1. The van der Waals surface area contributed by atoms with Gasteiger partial charge >= 0.3 is 0 Å². The molecule has 2 rings (SSSR count). The van der Waals surface area contributed by atoms with Gasteiger partial charge in [-0.15, -0.1) is 12.4 Å². The van der Waals surface area contributed by atoms with Crippen molar-refractivity contribution in [1.82, 2.24) is 5.32 Å². The summed E-state index contributed by atoms with van der Waals surface area (Å²) in [6.45, 7) is 0.917. The van der Waals surface area contributed by atoms with Crippen molar-refractivity contribution in [3.63, 3.8) is 0 Å². The van der Waals surface area contributed by atoms with Gasteiger partial charge in [0.25, 0.3) is 0 Å². The highest BCUT2D eigenvalue weighted by Gasteiger charge is 2.25. The minimum absolute atomic E-state index is 0. The van der Waals surface area contributed by atoms with Crippen molar-refractivity contribution in [3.8, 4) is 0 Å². The molecular weight excluding hydrogens is 186 g/mol. The first-order chi connectivity index (χ1) is 5.88. The first kappa shape index (κ1) is 10.5. The van der Waals surface area contributed by atoms with Gasteiger partial charge < -0.3 is 10.4 Å². The van der Waals surface area contributed by atoms with Crippen LogP contribution in [-0.4, -0.2) is 17.8 Å². The summed E-state index contributed by atoms with van der Waals surface area (Å²) in [7, 11) is 0. The molecule has 1 saturated heterocycles. The van der Waals surface area contributed by atoms with Gasteiger partial charge in [-0.05, 0) is 18.5 Å². The Morgan fingerprint density at radius 3 is 2.46 bits per heavy atom. The van der Waals surface area contributed by atoms with E-state index in [2.05, 4.69) is 5.32 Å². The van der Waals surface area contributed by atoms with Crippen LogP contribution in [0.5, 0.6) is 0 Å². The Morgan fingerprint density at radius 1 is 1.23 bits per heavy atom. The van der Waals surface area contributed by atoms with Crippen LogP contribution in [0, 0.1) is 0 Å². The van der Waals surface area contributed by atoms with Crippen molar-refractivity contribution in [2.24, 2.45) is 0 Å². The van der Waals surface area contributed by atoms with Crippen LogP contribution >= 0.6 is 12.4 Å². The fraction of sp³-hybridized carbons (Fsp3) is 0.400. The summed E-state index contributed by atoms with van der Waals surface area (Å²) in [5, 5.41) is 12.9. The lowest BCUT2D eigenvalue weighted by atomic mass is 10.0. The van der Waals surface area contributed by atoms with E-state index in [9.17, 15) is 5.11 Å². The Bertz CT molecular complexity index is 252.